The highest BCUT2D eigenvalue weighted by Crippen LogP contribution is 2.29. The minimum atomic E-state index is 0.100. The van der Waals surface area contributed by atoms with Crippen LogP contribution in [0.1, 0.15) is 61.6 Å². The first-order valence-corrected chi connectivity index (χ1v) is 13.3. The minimum Gasteiger partial charge on any atom is -0.356 e. The van der Waals surface area contributed by atoms with E-state index in [0.29, 0.717) is 0 Å². The highest BCUT2D eigenvalue weighted by molar-refractivity contribution is 5.80. The van der Waals surface area contributed by atoms with Gasteiger partial charge in [0.25, 0.3) is 0 Å². The quantitative estimate of drug-likeness (QED) is 0.436. The summed E-state index contributed by atoms with van der Waals surface area (Å²) in [5.74, 6) is 1.35. The minimum absolute atomic E-state index is 0.100. The van der Waals surface area contributed by atoms with Crippen LogP contribution in [0.3, 0.4) is 0 Å². The lowest BCUT2D eigenvalue weighted by atomic mass is 9.95. The number of aromatic nitrogens is 2. The first-order valence-electron chi connectivity index (χ1n) is 13.3. The number of nitrogens with zero attached hydrogens (tertiary/aromatic N) is 3. The number of anilines is 1. The number of hydrogen-bond donors (Lipinski definition) is 1. The lowest BCUT2D eigenvalue weighted by Gasteiger charge is -2.32. The van der Waals surface area contributed by atoms with Crippen LogP contribution in [0.4, 0.5) is 5.95 Å². The van der Waals surface area contributed by atoms with Crippen LogP contribution in [-0.2, 0) is 11.3 Å². The molecule has 0 bridgehead atoms. The summed E-state index contributed by atoms with van der Waals surface area (Å²) in [5.41, 5.74) is 7.64. The molecular weight excluding hydrogens is 432 g/mol. The third-order valence-electron chi connectivity index (χ3n) is 7.75. The van der Waals surface area contributed by atoms with E-state index in [1.165, 1.54) is 53.5 Å². The molecule has 0 spiro atoms. The zero-order chi connectivity index (χ0) is 24.2. The van der Waals surface area contributed by atoms with Crippen molar-refractivity contribution >= 4 is 22.9 Å². The van der Waals surface area contributed by atoms with Gasteiger partial charge in [0.2, 0.25) is 11.9 Å². The summed E-state index contributed by atoms with van der Waals surface area (Å²) in [5, 5.41) is 3.21. The average Bonchev–Trinajstić information content (AvgIpc) is 3.25. The van der Waals surface area contributed by atoms with E-state index in [1.807, 2.05) is 0 Å². The fraction of sp³-hybridized carbons (Fsp3) is 0.467. The molecule has 5 heteroatoms. The number of allylic oxidation sites excluding steroid dienone is 1. The Kier molecular flexibility index (Phi) is 7.21. The van der Waals surface area contributed by atoms with E-state index in [1.54, 1.807) is 0 Å². The molecule has 1 fully saturated rings. The number of hydrogen-bond acceptors (Lipinski definition) is 3. The third-order valence-corrected chi connectivity index (χ3v) is 7.75. The van der Waals surface area contributed by atoms with Crippen molar-refractivity contribution in [2.24, 2.45) is 5.92 Å². The zero-order valence-corrected chi connectivity index (χ0v) is 21.2. The van der Waals surface area contributed by atoms with E-state index in [4.69, 9.17) is 4.98 Å². The number of aryl methyl sites for hydroxylation is 2. The molecule has 1 N–H and O–H groups in total. The molecule has 2 aromatic carbocycles. The summed E-state index contributed by atoms with van der Waals surface area (Å²) < 4.78 is 2.36. The van der Waals surface area contributed by atoms with Crippen LogP contribution in [0, 0.1) is 19.8 Å². The molecule has 0 atom stereocenters. The Balaban J connectivity index is 1.26. The molecule has 5 rings (SSSR count). The van der Waals surface area contributed by atoms with Crippen LogP contribution < -0.4 is 10.2 Å². The number of rotatable bonds is 7. The first kappa shape index (κ1) is 23.7. The van der Waals surface area contributed by atoms with Gasteiger partial charge in [-0.1, -0.05) is 47.5 Å². The normalized spacial score (nSPS) is 17.0. The predicted octanol–water partition coefficient (Wildman–Crippen LogP) is 5.92. The van der Waals surface area contributed by atoms with Crippen LogP contribution in [-0.4, -0.2) is 35.1 Å². The largest absolute Gasteiger partial charge is 0.356 e. The van der Waals surface area contributed by atoms with Gasteiger partial charge < -0.3 is 14.8 Å². The number of amides is 1. The number of benzene rings is 2. The molecule has 0 saturated carbocycles. The Hall–Kier alpha value is -3.08. The average molecular weight is 471 g/mol. The maximum absolute atomic E-state index is 12.8. The second kappa shape index (κ2) is 10.7. The van der Waals surface area contributed by atoms with Crippen molar-refractivity contribution < 1.29 is 4.79 Å². The van der Waals surface area contributed by atoms with Gasteiger partial charge in [-0.15, -0.1) is 0 Å². The van der Waals surface area contributed by atoms with Crippen molar-refractivity contribution in [3.63, 3.8) is 0 Å². The SMILES string of the molecule is Cc1ccc(C)c(Cn2c(N3CCC(C(=O)NCCC4=CCCCC4)CC3)nc3ccccc32)c1. The van der Waals surface area contributed by atoms with Gasteiger partial charge in [-0.3, -0.25) is 4.79 Å². The lowest BCUT2D eigenvalue weighted by Crippen LogP contribution is -2.41. The Labute approximate surface area is 209 Å². The summed E-state index contributed by atoms with van der Waals surface area (Å²) in [6.45, 7) is 7.63. The van der Waals surface area contributed by atoms with Crippen molar-refractivity contribution in [2.75, 3.05) is 24.5 Å². The highest BCUT2D eigenvalue weighted by atomic mass is 16.1. The fourth-order valence-electron chi connectivity index (χ4n) is 5.57. The zero-order valence-electron chi connectivity index (χ0n) is 21.2. The number of para-hydroxylation sites is 2. The standard InChI is InChI=1S/C30H38N4O/c1-22-12-13-23(2)26(20-22)21-34-28-11-7-6-10-27(28)32-30(34)33-18-15-25(16-19-33)29(35)31-17-14-24-8-4-3-5-9-24/h6-8,10-13,20,25H,3-5,9,14-19,21H2,1-2H3,(H,31,35). The maximum Gasteiger partial charge on any atom is 0.223 e. The molecule has 1 saturated heterocycles. The van der Waals surface area contributed by atoms with Crippen LogP contribution >= 0.6 is 0 Å². The molecule has 5 nitrogen and oxygen atoms in total. The molecule has 1 aliphatic carbocycles. The molecule has 0 radical (unpaired) electrons. The lowest BCUT2D eigenvalue weighted by molar-refractivity contribution is -0.125. The Morgan fingerprint density at radius 2 is 1.91 bits per heavy atom. The molecule has 0 unspecified atom stereocenters. The van der Waals surface area contributed by atoms with Gasteiger partial charge in [0, 0.05) is 25.6 Å². The maximum atomic E-state index is 12.8. The van der Waals surface area contributed by atoms with E-state index in [9.17, 15) is 4.79 Å². The van der Waals surface area contributed by atoms with Gasteiger partial charge in [0.05, 0.1) is 17.6 Å². The molecule has 1 aromatic heterocycles. The Morgan fingerprint density at radius 1 is 1.09 bits per heavy atom. The Morgan fingerprint density at radius 3 is 2.71 bits per heavy atom. The van der Waals surface area contributed by atoms with Crippen molar-refractivity contribution in [2.45, 2.75) is 65.3 Å². The molecule has 2 aliphatic rings. The van der Waals surface area contributed by atoms with Gasteiger partial charge >= 0.3 is 0 Å². The van der Waals surface area contributed by atoms with Crippen LogP contribution in [0.15, 0.2) is 54.1 Å². The molecular formula is C30H38N4O. The van der Waals surface area contributed by atoms with Gasteiger partial charge in [-0.25, -0.2) is 4.98 Å². The monoisotopic (exact) mass is 470 g/mol. The number of fused-ring (bicyclic) bond motifs is 1. The number of carbonyl (C=O) groups is 1. The first-order chi connectivity index (χ1) is 17.1. The van der Waals surface area contributed by atoms with E-state index in [0.717, 1.165) is 56.9 Å². The fourth-order valence-corrected chi connectivity index (χ4v) is 5.57. The molecule has 1 aliphatic heterocycles. The van der Waals surface area contributed by atoms with Gasteiger partial charge in [-0.2, -0.15) is 0 Å². The second-order valence-corrected chi connectivity index (χ2v) is 10.3. The van der Waals surface area contributed by atoms with Crippen LogP contribution in [0.2, 0.25) is 0 Å². The summed E-state index contributed by atoms with van der Waals surface area (Å²) >= 11 is 0. The van der Waals surface area contributed by atoms with Crippen molar-refractivity contribution in [3.8, 4) is 0 Å². The van der Waals surface area contributed by atoms with E-state index in [-0.39, 0.29) is 11.8 Å². The predicted molar refractivity (Wildman–Crippen MR) is 144 cm³/mol. The van der Waals surface area contributed by atoms with Crippen molar-refractivity contribution in [1.29, 1.82) is 0 Å². The highest BCUT2D eigenvalue weighted by Gasteiger charge is 2.27. The van der Waals surface area contributed by atoms with Crippen LogP contribution in [0.5, 0.6) is 0 Å². The summed E-state index contributed by atoms with van der Waals surface area (Å²) in [6.07, 6.45) is 10.2. The summed E-state index contributed by atoms with van der Waals surface area (Å²) in [7, 11) is 0. The van der Waals surface area contributed by atoms with Crippen LogP contribution in [0.25, 0.3) is 11.0 Å². The Bertz CT molecular complexity index is 1220. The van der Waals surface area contributed by atoms with Gasteiger partial charge in [0.15, 0.2) is 0 Å². The third kappa shape index (κ3) is 5.44. The van der Waals surface area contributed by atoms with Crippen molar-refractivity contribution in [3.05, 3.63) is 70.8 Å². The number of imidazole rings is 1. The van der Waals surface area contributed by atoms with E-state index >= 15 is 0 Å². The number of carbonyl (C=O) groups excluding carboxylic acids is 1. The second-order valence-electron chi connectivity index (χ2n) is 10.3. The van der Waals surface area contributed by atoms with E-state index in [2.05, 4.69) is 77.2 Å². The molecule has 3 aromatic rings. The summed E-state index contributed by atoms with van der Waals surface area (Å²) in [4.78, 5) is 20.2. The molecule has 184 valence electrons. The molecule has 2 heterocycles. The van der Waals surface area contributed by atoms with Gasteiger partial charge in [-0.05, 0) is 82.1 Å². The topological polar surface area (TPSA) is 50.2 Å². The number of piperidine rings is 1. The number of nitrogens with one attached hydrogen (secondary N) is 1. The summed E-state index contributed by atoms with van der Waals surface area (Å²) in [6, 6.07) is 15.1. The van der Waals surface area contributed by atoms with Gasteiger partial charge in [0.1, 0.15) is 0 Å². The molecule has 1 amide bonds. The molecule has 35 heavy (non-hydrogen) atoms. The van der Waals surface area contributed by atoms with E-state index < -0.39 is 0 Å². The smallest absolute Gasteiger partial charge is 0.223 e. The van der Waals surface area contributed by atoms with Crippen molar-refractivity contribution in [1.82, 2.24) is 14.9 Å².